The number of nitrogens with zero attached hydrogens (tertiary/aromatic N) is 4. The molecule has 1 unspecified atom stereocenters. The lowest BCUT2D eigenvalue weighted by atomic mass is 10.2. The average Bonchev–Trinajstić information content (AvgIpc) is 3.55. The lowest BCUT2D eigenvalue weighted by molar-refractivity contribution is 0.0299. The van der Waals surface area contributed by atoms with Crippen LogP contribution in [0.3, 0.4) is 0 Å². The summed E-state index contributed by atoms with van der Waals surface area (Å²) in [7, 11) is 0. The van der Waals surface area contributed by atoms with E-state index in [2.05, 4.69) is 25.6 Å². The van der Waals surface area contributed by atoms with Crippen LogP contribution in [0.4, 0.5) is 11.6 Å². The molecule has 0 bridgehead atoms. The van der Waals surface area contributed by atoms with Crippen molar-refractivity contribution in [3.05, 3.63) is 83.0 Å². The van der Waals surface area contributed by atoms with Crippen LogP contribution >= 0.6 is 11.6 Å². The first-order chi connectivity index (χ1) is 17.5. The number of amides is 1. The maximum absolute atomic E-state index is 12.9. The number of aryl methyl sites for hydroxylation is 1. The van der Waals surface area contributed by atoms with Crippen molar-refractivity contribution in [2.75, 3.05) is 18.8 Å². The highest BCUT2D eigenvalue weighted by atomic mass is 35.5. The highest BCUT2D eigenvalue weighted by Gasteiger charge is 2.19. The number of anilines is 2. The molecule has 0 radical (unpaired) electrons. The lowest BCUT2D eigenvalue weighted by Gasteiger charge is -2.18. The fraction of sp³-hybridized carbons (Fsp3) is 0.167. The number of hydrogen-bond acceptors (Lipinski definition) is 9. The van der Waals surface area contributed by atoms with Gasteiger partial charge in [-0.1, -0.05) is 23.7 Å². The number of imidazole rings is 1. The SMILES string of the molecule is Cc1cnc(Nc2ccc3c(c2)OCO3)nc1-n1cnc(C(=O)NC(OCN)c2cccc(Cl)c2)c1. The van der Waals surface area contributed by atoms with E-state index < -0.39 is 12.1 Å². The van der Waals surface area contributed by atoms with Crippen LogP contribution in [0.25, 0.3) is 5.82 Å². The Morgan fingerprint density at radius 2 is 2.08 bits per heavy atom. The van der Waals surface area contributed by atoms with Gasteiger partial charge in [-0.3, -0.25) is 9.36 Å². The Morgan fingerprint density at radius 3 is 2.92 bits per heavy atom. The molecule has 3 heterocycles. The van der Waals surface area contributed by atoms with E-state index in [0.29, 0.717) is 33.9 Å². The van der Waals surface area contributed by atoms with Crippen LogP contribution in [0.15, 0.2) is 61.2 Å². The van der Waals surface area contributed by atoms with Gasteiger partial charge in [0.15, 0.2) is 17.7 Å². The first-order valence-electron chi connectivity index (χ1n) is 10.9. The van der Waals surface area contributed by atoms with Crippen LogP contribution in [0.1, 0.15) is 27.8 Å². The summed E-state index contributed by atoms with van der Waals surface area (Å²) >= 11 is 6.07. The van der Waals surface area contributed by atoms with Gasteiger partial charge in [-0.2, -0.15) is 4.98 Å². The van der Waals surface area contributed by atoms with Crippen molar-refractivity contribution < 1.29 is 19.0 Å². The van der Waals surface area contributed by atoms with E-state index in [-0.39, 0.29) is 19.2 Å². The van der Waals surface area contributed by atoms with Gasteiger partial charge in [0.25, 0.3) is 5.91 Å². The van der Waals surface area contributed by atoms with Gasteiger partial charge in [0, 0.05) is 40.3 Å². The summed E-state index contributed by atoms with van der Waals surface area (Å²) in [5, 5.41) is 6.45. The van der Waals surface area contributed by atoms with Crippen molar-refractivity contribution in [2.45, 2.75) is 13.2 Å². The molecule has 0 saturated heterocycles. The number of carbonyl (C=O) groups excluding carboxylic acids is 1. The van der Waals surface area contributed by atoms with E-state index in [0.717, 1.165) is 11.3 Å². The first-order valence-corrected chi connectivity index (χ1v) is 11.3. The Kier molecular flexibility index (Phi) is 6.67. The number of halogens is 1. The van der Waals surface area contributed by atoms with Crippen LogP contribution < -0.4 is 25.8 Å². The third-order valence-electron chi connectivity index (χ3n) is 5.31. The second-order valence-corrected chi connectivity index (χ2v) is 8.24. The molecule has 1 aliphatic rings. The summed E-state index contributed by atoms with van der Waals surface area (Å²) in [4.78, 5) is 26.1. The van der Waals surface area contributed by atoms with E-state index in [9.17, 15) is 4.79 Å². The molecule has 0 fully saturated rings. The summed E-state index contributed by atoms with van der Waals surface area (Å²) in [6.45, 7) is 1.97. The van der Waals surface area contributed by atoms with Crippen molar-refractivity contribution in [1.82, 2.24) is 24.8 Å². The quantitative estimate of drug-likeness (QED) is 0.306. The molecule has 4 N–H and O–H groups in total. The Balaban J connectivity index is 1.33. The molecule has 1 amide bonds. The maximum Gasteiger partial charge on any atom is 0.273 e. The molecular weight excluding hydrogens is 486 g/mol. The second-order valence-electron chi connectivity index (χ2n) is 7.80. The summed E-state index contributed by atoms with van der Waals surface area (Å²) < 4.78 is 17.9. The predicted molar refractivity (Wildman–Crippen MR) is 132 cm³/mol. The fourth-order valence-corrected chi connectivity index (χ4v) is 3.79. The van der Waals surface area contributed by atoms with Crippen LogP contribution in [-0.4, -0.2) is 38.9 Å². The number of hydrogen-bond donors (Lipinski definition) is 3. The highest BCUT2D eigenvalue weighted by molar-refractivity contribution is 6.30. The minimum absolute atomic E-state index is 0.0921. The molecule has 12 heteroatoms. The van der Waals surface area contributed by atoms with Gasteiger partial charge in [0.05, 0.1) is 6.73 Å². The van der Waals surface area contributed by atoms with Gasteiger partial charge < -0.3 is 30.6 Å². The predicted octanol–water partition coefficient (Wildman–Crippen LogP) is 3.46. The monoisotopic (exact) mass is 507 g/mol. The first kappa shape index (κ1) is 23.5. The number of ether oxygens (including phenoxy) is 3. The fourth-order valence-electron chi connectivity index (χ4n) is 3.59. The van der Waals surface area contributed by atoms with Crippen molar-refractivity contribution in [3.8, 4) is 17.3 Å². The number of fused-ring (bicyclic) bond motifs is 1. The molecule has 36 heavy (non-hydrogen) atoms. The molecule has 1 aliphatic heterocycles. The van der Waals surface area contributed by atoms with Crippen LogP contribution in [0, 0.1) is 6.92 Å². The molecule has 4 aromatic rings. The van der Waals surface area contributed by atoms with Gasteiger partial charge in [-0.15, -0.1) is 0 Å². The Bertz CT molecular complexity index is 1410. The number of benzene rings is 2. The number of aromatic nitrogens is 4. The molecule has 2 aromatic heterocycles. The third kappa shape index (κ3) is 5.08. The van der Waals surface area contributed by atoms with Gasteiger partial charge in [0.1, 0.15) is 17.8 Å². The molecule has 1 atom stereocenters. The Hall–Kier alpha value is -4.19. The van der Waals surface area contributed by atoms with Crippen LogP contribution in [0.2, 0.25) is 5.02 Å². The average molecular weight is 508 g/mol. The zero-order valence-corrected chi connectivity index (χ0v) is 19.9. The van der Waals surface area contributed by atoms with Crippen LogP contribution in [0.5, 0.6) is 11.5 Å². The van der Waals surface area contributed by atoms with Crippen molar-refractivity contribution in [2.24, 2.45) is 5.73 Å². The second kappa shape index (κ2) is 10.2. The van der Waals surface area contributed by atoms with E-state index >= 15 is 0 Å². The zero-order valence-electron chi connectivity index (χ0n) is 19.1. The van der Waals surface area contributed by atoms with E-state index in [1.54, 1.807) is 41.2 Å². The van der Waals surface area contributed by atoms with Gasteiger partial charge in [-0.25, -0.2) is 9.97 Å². The van der Waals surface area contributed by atoms with Crippen molar-refractivity contribution in [1.29, 1.82) is 0 Å². The minimum atomic E-state index is -0.787. The van der Waals surface area contributed by atoms with E-state index in [1.807, 2.05) is 25.1 Å². The highest BCUT2D eigenvalue weighted by Crippen LogP contribution is 2.34. The summed E-state index contributed by atoms with van der Waals surface area (Å²) in [5.41, 5.74) is 7.92. The maximum atomic E-state index is 12.9. The molecule has 2 aromatic carbocycles. The van der Waals surface area contributed by atoms with Crippen molar-refractivity contribution in [3.63, 3.8) is 0 Å². The molecule has 5 rings (SSSR count). The smallest absolute Gasteiger partial charge is 0.273 e. The molecule has 0 spiro atoms. The lowest BCUT2D eigenvalue weighted by Crippen LogP contribution is -2.32. The largest absolute Gasteiger partial charge is 0.454 e. The number of rotatable bonds is 8. The topological polar surface area (TPSA) is 138 Å². The minimum Gasteiger partial charge on any atom is -0.454 e. The standard InChI is InChI=1S/C24H22ClN7O4/c1-14-9-27-24(29-17-5-6-19-20(8-17)36-13-35-19)30-21(14)32-10-18(28-12-32)22(33)31-23(34-11-26)15-3-2-4-16(25)7-15/h2-10,12,23H,11,13,26H2,1H3,(H,31,33)(H,27,29,30). The molecule has 0 aliphatic carbocycles. The summed E-state index contributed by atoms with van der Waals surface area (Å²) in [6.07, 6.45) is 3.98. The Morgan fingerprint density at radius 1 is 1.22 bits per heavy atom. The molecule has 11 nitrogen and oxygen atoms in total. The summed E-state index contributed by atoms with van der Waals surface area (Å²) in [5.74, 6) is 1.81. The van der Waals surface area contributed by atoms with E-state index in [4.69, 9.17) is 31.5 Å². The summed E-state index contributed by atoms with van der Waals surface area (Å²) in [6, 6.07) is 12.4. The Labute approximate surface area is 211 Å². The van der Waals surface area contributed by atoms with E-state index in [1.165, 1.54) is 6.33 Å². The van der Waals surface area contributed by atoms with Gasteiger partial charge in [0.2, 0.25) is 12.7 Å². The normalized spacial score (nSPS) is 12.9. The third-order valence-corrected chi connectivity index (χ3v) is 5.55. The number of nitrogens with two attached hydrogens (primary N) is 1. The molecular formula is C24H22ClN7O4. The molecule has 184 valence electrons. The van der Waals surface area contributed by atoms with Crippen molar-refractivity contribution >= 4 is 29.1 Å². The zero-order chi connectivity index (χ0) is 25.1. The van der Waals surface area contributed by atoms with Gasteiger partial charge >= 0.3 is 0 Å². The molecule has 0 saturated carbocycles. The number of carbonyl (C=O) groups is 1. The van der Waals surface area contributed by atoms with Crippen LogP contribution in [-0.2, 0) is 4.74 Å². The van der Waals surface area contributed by atoms with Gasteiger partial charge in [-0.05, 0) is 31.2 Å². The number of nitrogens with one attached hydrogen (secondary N) is 2.